The first-order chi connectivity index (χ1) is 7.66. The van der Waals surface area contributed by atoms with Gasteiger partial charge in [0, 0.05) is 32.2 Å². The molecule has 92 valence electrons. The van der Waals surface area contributed by atoms with Crippen LogP contribution in [0.3, 0.4) is 0 Å². The van der Waals surface area contributed by atoms with Crippen molar-refractivity contribution in [2.24, 2.45) is 11.7 Å². The summed E-state index contributed by atoms with van der Waals surface area (Å²) in [6.45, 7) is 6.68. The summed E-state index contributed by atoms with van der Waals surface area (Å²) in [5, 5.41) is 0.567. The van der Waals surface area contributed by atoms with E-state index in [0.717, 1.165) is 38.1 Å². The van der Waals surface area contributed by atoms with Gasteiger partial charge >= 0.3 is 0 Å². The molecule has 0 radical (unpaired) electrons. The number of thiocarbonyl (C=S) groups is 1. The summed E-state index contributed by atoms with van der Waals surface area (Å²) in [4.78, 5) is 4.76. The average molecular weight is 241 g/mol. The van der Waals surface area contributed by atoms with Gasteiger partial charge in [0.15, 0.2) is 5.11 Å². The molecule has 0 amide bonds. The van der Waals surface area contributed by atoms with Gasteiger partial charge in [-0.2, -0.15) is 0 Å². The van der Waals surface area contributed by atoms with Crippen LogP contribution in [0.4, 0.5) is 0 Å². The second-order valence-electron chi connectivity index (χ2n) is 5.27. The highest BCUT2D eigenvalue weighted by molar-refractivity contribution is 7.80. The first-order valence-electron chi connectivity index (χ1n) is 6.45. The average Bonchev–Trinajstić information content (AvgIpc) is 2.30. The van der Waals surface area contributed by atoms with Gasteiger partial charge in [0.1, 0.15) is 0 Å². The lowest BCUT2D eigenvalue weighted by Gasteiger charge is -2.41. The monoisotopic (exact) mass is 241 g/mol. The molecule has 1 aliphatic carbocycles. The van der Waals surface area contributed by atoms with Crippen LogP contribution >= 0.6 is 12.2 Å². The lowest BCUT2D eigenvalue weighted by molar-refractivity contribution is 0.0977. The van der Waals surface area contributed by atoms with Crippen molar-refractivity contribution < 1.29 is 0 Å². The predicted octanol–water partition coefficient (Wildman–Crippen LogP) is 1.43. The smallest absolute Gasteiger partial charge is 0.166 e. The number of nitrogens with two attached hydrogens (primary N) is 1. The molecule has 0 spiro atoms. The maximum absolute atomic E-state index is 5.65. The van der Waals surface area contributed by atoms with Crippen LogP contribution in [0.2, 0.25) is 0 Å². The van der Waals surface area contributed by atoms with E-state index >= 15 is 0 Å². The zero-order chi connectivity index (χ0) is 11.5. The third-order valence-corrected chi connectivity index (χ3v) is 4.39. The van der Waals surface area contributed by atoms with Gasteiger partial charge in [0.25, 0.3) is 0 Å². The molecule has 1 saturated heterocycles. The molecule has 0 aromatic carbocycles. The minimum atomic E-state index is 0.567. The number of rotatable bonds is 1. The van der Waals surface area contributed by atoms with Gasteiger partial charge in [-0.05, 0) is 43.8 Å². The van der Waals surface area contributed by atoms with E-state index in [0.29, 0.717) is 5.11 Å². The van der Waals surface area contributed by atoms with Crippen LogP contribution in [0, 0.1) is 5.92 Å². The molecule has 0 aromatic heterocycles. The summed E-state index contributed by atoms with van der Waals surface area (Å²) >= 11 is 5.01. The Bertz CT molecular complexity index is 241. The number of hydrogen-bond acceptors (Lipinski definition) is 2. The fourth-order valence-corrected chi connectivity index (χ4v) is 3.10. The van der Waals surface area contributed by atoms with Gasteiger partial charge in [0.2, 0.25) is 0 Å². The SMILES string of the molecule is CC1CCC(N2CCN(C(N)=S)CC2)CC1. The molecule has 2 aliphatic rings. The summed E-state index contributed by atoms with van der Waals surface area (Å²) in [5.74, 6) is 0.939. The number of piperazine rings is 1. The first kappa shape index (κ1) is 12.1. The van der Waals surface area contributed by atoms with Crippen LogP contribution in [0.25, 0.3) is 0 Å². The van der Waals surface area contributed by atoms with Crippen LogP contribution in [-0.4, -0.2) is 47.1 Å². The van der Waals surface area contributed by atoms with E-state index in [4.69, 9.17) is 18.0 Å². The van der Waals surface area contributed by atoms with Crippen molar-refractivity contribution in [1.82, 2.24) is 9.80 Å². The Balaban J connectivity index is 1.78. The molecule has 2 fully saturated rings. The third-order valence-electron chi connectivity index (χ3n) is 4.13. The molecule has 0 aromatic rings. The van der Waals surface area contributed by atoms with Gasteiger partial charge in [0.05, 0.1) is 0 Å². The lowest BCUT2D eigenvalue weighted by atomic mass is 9.86. The highest BCUT2D eigenvalue weighted by Gasteiger charge is 2.26. The first-order valence-corrected chi connectivity index (χ1v) is 6.86. The molecule has 3 nitrogen and oxygen atoms in total. The quantitative estimate of drug-likeness (QED) is 0.704. The van der Waals surface area contributed by atoms with Crippen molar-refractivity contribution in [2.45, 2.75) is 38.6 Å². The van der Waals surface area contributed by atoms with Crippen molar-refractivity contribution in [3.63, 3.8) is 0 Å². The maximum Gasteiger partial charge on any atom is 0.166 e. The lowest BCUT2D eigenvalue weighted by Crippen LogP contribution is -2.53. The van der Waals surface area contributed by atoms with E-state index in [-0.39, 0.29) is 0 Å². The van der Waals surface area contributed by atoms with Gasteiger partial charge < -0.3 is 10.6 Å². The molecule has 1 aliphatic heterocycles. The van der Waals surface area contributed by atoms with E-state index in [1.807, 2.05) is 0 Å². The Labute approximate surface area is 104 Å². The van der Waals surface area contributed by atoms with Crippen LogP contribution < -0.4 is 5.73 Å². The van der Waals surface area contributed by atoms with Crippen LogP contribution in [0.1, 0.15) is 32.6 Å². The van der Waals surface area contributed by atoms with Crippen LogP contribution in [0.5, 0.6) is 0 Å². The van der Waals surface area contributed by atoms with Crippen molar-refractivity contribution in [1.29, 1.82) is 0 Å². The minimum absolute atomic E-state index is 0.567. The fraction of sp³-hybridized carbons (Fsp3) is 0.917. The standard InChI is InChI=1S/C12H23N3S/c1-10-2-4-11(5-3-10)14-6-8-15(9-7-14)12(13)16/h10-11H,2-9H2,1H3,(H2,13,16). The Hall–Kier alpha value is -0.350. The summed E-state index contributed by atoms with van der Waals surface area (Å²) in [5.41, 5.74) is 5.65. The minimum Gasteiger partial charge on any atom is -0.376 e. The maximum atomic E-state index is 5.65. The summed E-state index contributed by atoms with van der Waals surface area (Å²) in [7, 11) is 0. The fourth-order valence-electron chi connectivity index (χ4n) is 2.92. The topological polar surface area (TPSA) is 32.5 Å². The second kappa shape index (κ2) is 5.32. The van der Waals surface area contributed by atoms with E-state index in [1.54, 1.807) is 0 Å². The molecule has 16 heavy (non-hydrogen) atoms. The van der Waals surface area contributed by atoms with E-state index < -0.39 is 0 Å². The summed E-state index contributed by atoms with van der Waals surface area (Å²) in [6, 6.07) is 0.824. The molecule has 4 heteroatoms. The number of nitrogens with zero attached hydrogens (tertiary/aromatic N) is 2. The molecule has 0 unspecified atom stereocenters. The molecule has 2 rings (SSSR count). The largest absolute Gasteiger partial charge is 0.376 e. The molecule has 2 N–H and O–H groups in total. The molecule has 1 saturated carbocycles. The van der Waals surface area contributed by atoms with Gasteiger partial charge in [-0.3, -0.25) is 4.90 Å². The molecule has 1 heterocycles. The van der Waals surface area contributed by atoms with E-state index in [1.165, 1.54) is 25.7 Å². The number of hydrogen-bond donors (Lipinski definition) is 1. The van der Waals surface area contributed by atoms with Crippen molar-refractivity contribution in [2.75, 3.05) is 26.2 Å². The third kappa shape index (κ3) is 2.86. The Kier molecular flexibility index (Phi) is 4.03. The Morgan fingerprint density at radius 1 is 1.06 bits per heavy atom. The van der Waals surface area contributed by atoms with Crippen molar-refractivity contribution in [3.05, 3.63) is 0 Å². The van der Waals surface area contributed by atoms with Crippen LogP contribution in [-0.2, 0) is 0 Å². The zero-order valence-electron chi connectivity index (χ0n) is 10.2. The van der Waals surface area contributed by atoms with Crippen molar-refractivity contribution in [3.8, 4) is 0 Å². The van der Waals surface area contributed by atoms with Gasteiger partial charge in [-0.1, -0.05) is 6.92 Å². The van der Waals surface area contributed by atoms with Crippen molar-refractivity contribution >= 4 is 17.3 Å². The Morgan fingerprint density at radius 2 is 1.62 bits per heavy atom. The van der Waals surface area contributed by atoms with E-state index in [9.17, 15) is 0 Å². The summed E-state index contributed by atoms with van der Waals surface area (Å²) < 4.78 is 0. The van der Waals surface area contributed by atoms with Gasteiger partial charge in [-0.15, -0.1) is 0 Å². The second-order valence-corrected chi connectivity index (χ2v) is 5.69. The van der Waals surface area contributed by atoms with Gasteiger partial charge in [-0.25, -0.2) is 0 Å². The zero-order valence-corrected chi connectivity index (χ0v) is 11.0. The summed E-state index contributed by atoms with van der Waals surface area (Å²) in [6.07, 6.45) is 5.57. The normalized spacial score (nSPS) is 32.7. The molecule has 0 atom stereocenters. The molecule has 0 bridgehead atoms. The van der Waals surface area contributed by atoms with E-state index in [2.05, 4.69) is 16.7 Å². The van der Waals surface area contributed by atoms with Crippen LogP contribution in [0.15, 0.2) is 0 Å². The Morgan fingerprint density at radius 3 is 2.12 bits per heavy atom. The predicted molar refractivity (Wildman–Crippen MR) is 71.4 cm³/mol. The molecular weight excluding hydrogens is 218 g/mol. The highest BCUT2D eigenvalue weighted by atomic mass is 32.1. The highest BCUT2D eigenvalue weighted by Crippen LogP contribution is 2.27. The molecular formula is C12H23N3S.